The van der Waals surface area contributed by atoms with Gasteiger partial charge in [-0.3, -0.25) is 4.79 Å². The van der Waals surface area contributed by atoms with Crippen LogP contribution >= 0.6 is 15.9 Å². The summed E-state index contributed by atoms with van der Waals surface area (Å²) >= 11 is 3.11. The maximum atomic E-state index is 11.3. The third kappa shape index (κ3) is 3.20. The summed E-state index contributed by atoms with van der Waals surface area (Å²) < 4.78 is 10.4. The Hall–Kier alpha value is -0.810. The minimum absolute atomic E-state index is 0.234. The number of ether oxygens (including phenoxy) is 1. The fraction of sp³-hybridized carbons (Fsp3) is 0.375. The lowest BCUT2D eigenvalue weighted by molar-refractivity contribution is 0.0908. The molecule has 0 aromatic carbocycles. The topological polar surface area (TPSA) is 51.5 Å². The number of halogens is 1. The average molecular weight is 248 g/mol. The van der Waals surface area contributed by atoms with Crippen molar-refractivity contribution < 1.29 is 13.9 Å². The van der Waals surface area contributed by atoms with E-state index in [1.807, 2.05) is 0 Å². The molecule has 0 unspecified atom stereocenters. The second kappa shape index (κ2) is 5.04. The van der Waals surface area contributed by atoms with E-state index in [0.29, 0.717) is 23.6 Å². The van der Waals surface area contributed by atoms with Gasteiger partial charge >= 0.3 is 0 Å². The Morgan fingerprint density at radius 3 is 3.00 bits per heavy atom. The van der Waals surface area contributed by atoms with Crippen molar-refractivity contribution in [1.82, 2.24) is 5.32 Å². The van der Waals surface area contributed by atoms with Crippen LogP contribution in [0.1, 0.15) is 10.6 Å². The molecule has 1 N–H and O–H groups in total. The maximum Gasteiger partial charge on any atom is 0.287 e. The molecule has 0 saturated heterocycles. The second-order valence-electron chi connectivity index (χ2n) is 2.35. The van der Waals surface area contributed by atoms with E-state index < -0.39 is 0 Å². The van der Waals surface area contributed by atoms with Gasteiger partial charge in [-0.2, -0.15) is 0 Å². The van der Waals surface area contributed by atoms with Gasteiger partial charge in [0.15, 0.2) is 10.4 Å². The van der Waals surface area contributed by atoms with Crippen molar-refractivity contribution in [2.45, 2.75) is 0 Å². The molecule has 72 valence electrons. The molecular formula is C8H10BrNO3. The highest BCUT2D eigenvalue weighted by Gasteiger charge is 2.08. The Labute approximate surface area is 84.4 Å². The van der Waals surface area contributed by atoms with E-state index in [-0.39, 0.29) is 5.91 Å². The van der Waals surface area contributed by atoms with E-state index in [1.54, 1.807) is 19.2 Å². The van der Waals surface area contributed by atoms with E-state index in [9.17, 15) is 4.79 Å². The Morgan fingerprint density at radius 1 is 1.69 bits per heavy atom. The highest BCUT2D eigenvalue weighted by atomic mass is 79.9. The molecule has 0 aliphatic carbocycles. The molecule has 0 saturated carbocycles. The van der Waals surface area contributed by atoms with Crippen molar-refractivity contribution in [1.29, 1.82) is 0 Å². The van der Waals surface area contributed by atoms with E-state index in [2.05, 4.69) is 21.2 Å². The number of nitrogens with one attached hydrogen (secondary N) is 1. The third-order valence-corrected chi connectivity index (χ3v) is 1.81. The molecule has 0 atom stereocenters. The zero-order valence-corrected chi connectivity index (χ0v) is 8.76. The van der Waals surface area contributed by atoms with Crippen molar-refractivity contribution in [3.8, 4) is 0 Å². The molecule has 13 heavy (non-hydrogen) atoms. The molecule has 0 spiro atoms. The predicted octanol–water partition coefficient (Wildman–Crippen LogP) is 1.42. The molecule has 1 aromatic heterocycles. The number of carbonyl (C=O) groups is 1. The Morgan fingerprint density at radius 2 is 2.46 bits per heavy atom. The average Bonchev–Trinajstić information content (AvgIpc) is 2.52. The SMILES string of the molecule is COCCNC(=O)c1ccc(Br)o1. The van der Waals surface area contributed by atoms with Crippen LogP contribution in [-0.4, -0.2) is 26.2 Å². The molecule has 0 bridgehead atoms. The number of amides is 1. The fourth-order valence-electron chi connectivity index (χ4n) is 0.790. The summed E-state index contributed by atoms with van der Waals surface area (Å²) in [6, 6.07) is 3.28. The van der Waals surface area contributed by atoms with Crippen molar-refractivity contribution in [3.63, 3.8) is 0 Å². The number of carbonyl (C=O) groups excluding carboxylic acids is 1. The van der Waals surface area contributed by atoms with Crippen molar-refractivity contribution in [2.24, 2.45) is 0 Å². The Kier molecular flexibility index (Phi) is 3.98. The van der Waals surface area contributed by atoms with Crippen LogP contribution in [0.25, 0.3) is 0 Å². The zero-order valence-electron chi connectivity index (χ0n) is 7.17. The van der Waals surface area contributed by atoms with Gasteiger partial charge in [-0.05, 0) is 28.1 Å². The summed E-state index contributed by atoms with van der Waals surface area (Å²) in [5.74, 6) is 0.0609. The van der Waals surface area contributed by atoms with E-state index >= 15 is 0 Å². The number of rotatable bonds is 4. The fourth-order valence-corrected chi connectivity index (χ4v) is 1.10. The minimum Gasteiger partial charge on any atom is -0.444 e. The lowest BCUT2D eigenvalue weighted by atomic mass is 10.4. The quantitative estimate of drug-likeness (QED) is 0.820. The Bertz CT molecular complexity index is 285. The first-order valence-corrected chi connectivity index (χ1v) is 4.56. The number of furan rings is 1. The lowest BCUT2D eigenvalue weighted by Gasteiger charge is -2.00. The highest BCUT2D eigenvalue weighted by Crippen LogP contribution is 2.13. The van der Waals surface area contributed by atoms with Crippen LogP contribution in [0.3, 0.4) is 0 Å². The monoisotopic (exact) mass is 247 g/mol. The van der Waals surface area contributed by atoms with Gasteiger partial charge in [-0.15, -0.1) is 0 Å². The van der Waals surface area contributed by atoms with Crippen LogP contribution in [0.4, 0.5) is 0 Å². The molecule has 1 heterocycles. The standard InChI is InChI=1S/C8H10BrNO3/c1-12-5-4-10-8(11)6-2-3-7(9)13-6/h2-3H,4-5H2,1H3,(H,10,11). The summed E-state index contributed by atoms with van der Waals surface area (Å²) in [5.41, 5.74) is 0. The van der Waals surface area contributed by atoms with Crippen molar-refractivity contribution >= 4 is 21.8 Å². The first-order chi connectivity index (χ1) is 6.24. The molecular weight excluding hydrogens is 238 g/mol. The van der Waals surface area contributed by atoms with Gasteiger partial charge in [0.2, 0.25) is 0 Å². The highest BCUT2D eigenvalue weighted by molar-refractivity contribution is 9.10. The van der Waals surface area contributed by atoms with Gasteiger partial charge in [0.1, 0.15) is 0 Å². The summed E-state index contributed by atoms with van der Waals surface area (Å²) in [7, 11) is 1.58. The summed E-state index contributed by atoms with van der Waals surface area (Å²) in [6.45, 7) is 0.973. The number of hydrogen-bond donors (Lipinski definition) is 1. The van der Waals surface area contributed by atoms with Gasteiger partial charge in [-0.1, -0.05) is 0 Å². The molecule has 1 amide bonds. The predicted molar refractivity (Wildman–Crippen MR) is 50.6 cm³/mol. The minimum atomic E-state index is -0.234. The summed E-state index contributed by atoms with van der Waals surface area (Å²) in [6.07, 6.45) is 0. The lowest BCUT2D eigenvalue weighted by Crippen LogP contribution is -2.26. The summed E-state index contributed by atoms with van der Waals surface area (Å²) in [4.78, 5) is 11.3. The van der Waals surface area contributed by atoms with Crippen LogP contribution in [0.2, 0.25) is 0 Å². The van der Waals surface area contributed by atoms with Crippen LogP contribution in [0, 0.1) is 0 Å². The maximum absolute atomic E-state index is 11.3. The smallest absolute Gasteiger partial charge is 0.287 e. The van der Waals surface area contributed by atoms with Gasteiger partial charge in [0.05, 0.1) is 6.61 Å². The Balaban J connectivity index is 2.40. The van der Waals surface area contributed by atoms with E-state index in [0.717, 1.165) is 0 Å². The van der Waals surface area contributed by atoms with Crippen LogP contribution in [0.5, 0.6) is 0 Å². The number of hydrogen-bond acceptors (Lipinski definition) is 3. The molecule has 0 aliphatic rings. The van der Waals surface area contributed by atoms with Gasteiger partial charge in [-0.25, -0.2) is 0 Å². The second-order valence-corrected chi connectivity index (χ2v) is 3.13. The molecule has 4 nitrogen and oxygen atoms in total. The molecule has 1 rings (SSSR count). The van der Waals surface area contributed by atoms with E-state index in [4.69, 9.17) is 9.15 Å². The van der Waals surface area contributed by atoms with Crippen molar-refractivity contribution in [3.05, 3.63) is 22.6 Å². The molecule has 5 heteroatoms. The largest absolute Gasteiger partial charge is 0.444 e. The summed E-state index contributed by atoms with van der Waals surface area (Å²) in [5, 5.41) is 2.63. The molecule has 0 radical (unpaired) electrons. The normalized spacial score (nSPS) is 10.0. The van der Waals surface area contributed by atoms with Crippen LogP contribution in [0.15, 0.2) is 21.2 Å². The van der Waals surface area contributed by atoms with Crippen LogP contribution in [-0.2, 0) is 4.74 Å². The first-order valence-electron chi connectivity index (χ1n) is 3.76. The van der Waals surface area contributed by atoms with Gasteiger partial charge < -0.3 is 14.5 Å². The molecule has 0 aliphatic heterocycles. The third-order valence-electron chi connectivity index (χ3n) is 1.39. The van der Waals surface area contributed by atoms with Gasteiger partial charge in [0, 0.05) is 13.7 Å². The van der Waals surface area contributed by atoms with E-state index in [1.165, 1.54) is 0 Å². The molecule has 0 fully saturated rings. The van der Waals surface area contributed by atoms with Gasteiger partial charge in [0.25, 0.3) is 5.91 Å². The molecule has 1 aromatic rings. The zero-order chi connectivity index (χ0) is 9.68. The van der Waals surface area contributed by atoms with Crippen molar-refractivity contribution in [2.75, 3.05) is 20.3 Å². The van der Waals surface area contributed by atoms with Crippen LogP contribution < -0.4 is 5.32 Å². The number of methoxy groups -OCH3 is 1. The first kappa shape index (κ1) is 10.3.